The zero-order chi connectivity index (χ0) is 13.6. The second kappa shape index (κ2) is 4.23. The van der Waals surface area contributed by atoms with E-state index >= 15 is 0 Å². The van der Waals surface area contributed by atoms with E-state index < -0.39 is 19.5 Å². The topological polar surface area (TPSA) is 37.3 Å². The predicted molar refractivity (Wildman–Crippen MR) is 77.1 cm³/mol. The Morgan fingerprint density at radius 3 is 2.22 bits per heavy atom. The number of rotatable bonds is 4. The van der Waals surface area contributed by atoms with Gasteiger partial charge in [-0.1, -0.05) is 56.0 Å². The summed E-state index contributed by atoms with van der Waals surface area (Å²) < 4.78 is 0. The van der Waals surface area contributed by atoms with Gasteiger partial charge >= 0.3 is 5.97 Å². The van der Waals surface area contributed by atoms with Crippen LogP contribution >= 0.6 is 0 Å². The number of hydrogen-bond acceptors (Lipinski definition) is 1. The Hall–Kier alpha value is -1.09. The second-order valence-corrected chi connectivity index (χ2v) is 11.5. The third kappa shape index (κ3) is 2.12. The summed E-state index contributed by atoms with van der Waals surface area (Å²) in [7, 11) is -1.25. The minimum absolute atomic E-state index is 0.218. The number of carboxylic acids is 1. The van der Waals surface area contributed by atoms with Gasteiger partial charge in [0.15, 0.2) is 0 Å². The van der Waals surface area contributed by atoms with Crippen molar-refractivity contribution in [3.8, 4) is 0 Å². The number of carbonyl (C=O) groups is 1. The highest BCUT2D eigenvalue weighted by Gasteiger charge is 2.59. The summed E-state index contributed by atoms with van der Waals surface area (Å²) in [5.74, 6) is -0.417. The zero-order valence-electron chi connectivity index (χ0n) is 11.7. The Kier molecular flexibility index (Phi) is 3.14. The fraction of sp³-hybridized carbons (Fsp3) is 0.533. The standard InChI is InChI=1S/C15H22O2Si/c1-5-15(14(16)17)10-13(15)11-6-8-12(9-7-11)18(2,3)4/h6-9,13H,5,10H2,1-4H3,(H,16,17). The zero-order valence-corrected chi connectivity index (χ0v) is 12.7. The molecule has 1 aliphatic rings. The van der Waals surface area contributed by atoms with Gasteiger partial charge in [0.1, 0.15) is 0 Å². The average Bonchev–Trinajstić information content (AvgIpc) is 3.04. The summed E-state index contributed by atoms with van der Waals surface area (Å²) in [5, 5.41) is 10.8. The highest BCUT2D eigenvalue weighted by molar-refractivity contribution is 6.88. The van der Waals surface area contributed by atoms with Crippen LogP contribution in [0.1, 0.15) is 31.2 Å². The van der Waals surface area contributed by atoms with Crippen molar-refractivity contribution in [3.63, 3.8) is 0 Å². The monoisotopic (exact) mass is 262 g/mol. The van der Waals surface area contributed by atoms with Gasteiger partial charge < -0.3 is 5.11 Å². The molecule has 2 nitrogen and oxygen atoms in total. The van der Waals surface area contributed by atoms with Crippen molar-refractivity contribution < 1.29 is 9.90 Å². The van der Waals surface area contributed by atoms with Gasteiger partial charge in [-0.15, -0.1) is 0 Å². The molecule has 0 amide bonds. The third-order valence-corrected chi connectivity index (χ3v) is 6.38. The molecule has 1 aromatic rings. The lowest BCUT2D eigenvalue weighted by atomic mass is 9.96. The SMILES string of the molecule is CCC1(C(=O)O)CC1c1ccc([Si](C)(C)C)cc1. The summed E-state index contributed by atoms with van der Waals surface area (Å²) in [5.41, 5.74) is 0.710. The van der Waals surface area contributed by atoms with E-state index in [1.54, 1.807) is 0 Å². The first-order valence-corrected chi connectivity index (χ1v) is 10.1. The molecular formula is C15H22O2Si. The fourth-order valence-electron chi connectivity index (χ4n) is 2.74. The molecule has 0 bridgehead atoms. The number of aliphatic carboxylic acids is 1. The first-order valence-electron chi connectivity index (χ1n) is 6.65. The van der Waals surface area contributed by atoms with Gasteiger partial charge in [-0.05, 0) is 18.4 Å². The first kappa shape index (κ1) is 13.3. The van der Waals surface area contributed by atoms with E-state index in [1.807, 2.05) is 6.92 Å². The van der Waals surface area contributed by atoms with Gasteiger partial charge in [0.2, 0.25) is 0 Å². The maximum atomic E-state index is 11.3. The van der Waals surface area contributed by atoms with E-state index in [4.69, 9.17) is 0 Å². The summed E-state index contributed by atoms with van der Waals surface area (Å²) in [6, 6.07) is 8.67. The Morgan fingerprint density at radius 2 is 1.89 bits per heavy atom. The molecule has 1 N–H and O–H groups in total. The molecule has 0 aromatic heterocycles. The number of hydrogen-bond donors (Lipinski definition) is 1. The highest BCUT2D eigenvalue weighted by Crippen LogP contribution is 2.61. The minimum atomic E-state index is -1.25. The van der Waals surface area contributed by atoms with Crippen LogP contribution in [0.2, 0.25) is 19.6 Å². The summed E-state index contributed by atoms with van der Waals surface area (Å²) in [4.78, 5) is 11.3. The molecule has 1 fully saturated rings. The van der Waals surface area contributed by atoms with Crippen LogP contribution in [0.25, 0.3) is 0 Å². The van der Waals surface area contributed by atoms with Crippen LogP contribution in [0.3, 0.4) is 0 Å². The Balaban J connectivity index is 2.21. The fourth-order valence-corrected chi connectivity index (χ4v) is 3.90. The lowest BCUT2D eigenvalue weighted by molar-refractivity contribution is -0.143. The maximum absolute atomic E-state index is 11.3. The van der Waals surface area contributed by atoms with Crippen molar-refractivity contribution in [2.45, 2.75) is 45.3 Å². The van der Waals surface area contributed by atoms with Crippen LogP contribution < -0.4 is 5.19 Å². The quantitative estimate of drug-likeness (QED) is 0.846. The first-order chi connectivity index (χ1) is 8.31. The molecule has 2 rings (SSSR count). The van der Waals surface area contributed by atoms with E-state index in [0.29, 0.717) is 0 Å². The van der Waals surface area contributed by atoms with Crippen molar-refractivity contribution in [2.24, 2.45) is 5.41 Å². The van der Waals surface area contributed by atoms with Gasteiger partial charge in [-0.2, -0.15) is 0 Å². The molecule has 2 atom stereocenters. The van der Waals surface area contributed by atoms with Gasteiger partial charge in [0, 0.05) is 5.92 Å². The van der Waals surface area contributed by atoms with Gasteiger partial charge in [0.05, 0.1) is 13.5 Å². The molecule has 1 aromatic carbocycles. The summed E-state index contributed by atoms with van der Waals surface area (Å²) in [6.45, 7) is 8.96. The second-order valence-electron chi connectivity index (χ2n) is 6.44. The molecule has 18 heavy (non-hydrogen) atoms. The average molecular weight is 262 g/mol. The molecule has 0 radical (unpaired) electrons. The smallest absolute Gasteiger partial charge is 0.310 e. The summed E-state index contributed by atoms with van der Waals surface area (Å²) >= 11 is 0. The molecule has 0 spiro atoms. The lowest BCUT2D eigenvalue weighted by Gasteiger charge is -2.17. The summed E-state index contributed by atoms with van der Waals surface area (Å²) in [6.07, 6.45) is 1.52. The molecule has 0 aliphatic heterocycles. The Bertz CT molecular complexity index is 458. The number of benzene rings is 1. The molecule has 1 aliphatic carbocycles. The van der Waals surface area contributed by atoms with Crippen molar-refractivity contribution in [3.05, 3.63) is 29.8 Å². The molecular weight excluding hydrogens is 240 g/mol. The van der Waals surface area contributed by atoms with Crippen LogP contribution in [0, 0.1) is 5.41 Å². The van der Waals surface area contributed by atoms with E-state index in [0.717, 1.165) is 12.8 Å². The third-order valence-electron chi connectivity index (χ3n) is 4.31. The largest absolute Gasteiger partial charge is 0.481 e. The van der Waals surface area contributed by atoms with Crippen molar-refractivity contribution in [1.29, 1.82) is 0 Å². The number of carboxylic acid groups (broad SMARTS) is 1. The molecule has 0 heterocycles. The van der Waals surface area contributed by atoms with E-state index in [-0.39, 0.29) is 5.92 Å². The van der Waals surface area contributed by atoms with Gasteiger partial charge in [-0.3, -0.25) is 4.79 Å². The lowest BCUT2D eigenvalue weighted by Crippen LogP contribution is -2.37. The van der Waals surface area contributed by atoms with Gasteiger partial charge in [0.25, 0.3) is 0 Å². The molecule has 0 saturated heterocycles. The molecule has 98 valence electrons. The highest BCUT2D eigenvalue weighted by atomic mass is 28.3. The molecule has 1 saturated carbocycles. The van der Waals surface area contributed by atoms with E-state index in [1.165, 1.54) is 10.8 Å². The van der Waals surface area contributed by atoms with Gasteiger partial charge in [-0.25, -0.2) is 0 Å². The minimum Gasteiger partial charge on any atom is -0.481 e. The van der Waals surface area contributed by atoms with Crippen molar-refractivity contribution >= 4 is 19.2 Å². The predicted octanol–water partition coefficient (Wildman–Crippen LogP) is 3.20. The van der Waals surface area contributed by atoms with Crippen molar-refractivity contribution in [1.82, 2.24) is 0 Å². The Labute approximate surface area is 110 Å². The molecule has 3 heteroatoms. The normalized spacial score (nSPS) is 27.0. The van der Waals surface area contributed by atoms with Crippen LogP contribution in [-0.2, 0) is 4.79 Å². The van der Waals surface area contributed by atoms with Crippen LogP contribution in [0.5, 0.6) is 0 Å². The molecule has 2 unspecified atom stereocenters. The Morgan fingerprint density at radius 1 is 1.33 bits per heavy atom. The van der Waals surface area contributed by atoms with Crippen LogP contribution in [-0.4, -0.2) is 19.1 Å². The van der Waals surface area contributed by atoms with Crippen LogP contribution in [0.4, 0.5) is 0 Å². The van der Waals surface area contributed by atoms with Crippen LogP contribution in [0.15, 0.2) is 24.3 Å². The maximum Gasteiger partial charge on any atom is 0.310 e. The van der Waals surface area contributed by atoms with Crippen molar-refractivity contribution in [2.75, 3.05) is 0 Å². The van der Waals surface area contributed by atoms with E-state index in [2.05, 4.69) is 43.9 Å². The van der Waals surface area contributed by atoms with E-state index in [9.17, 15) is 9.90 Å².